The molecular weight excluding hydrogens is 155 g/mol. The van der Waals surface area contributed by atoms with E-state index in [1.807, 2.05) is 0 Å². The fraction of sp³-hybridized carbons (Fsp3) is 0.333. The Morgan fingerprint density at radius 1 is 1.30 bits per heavy atom. The van der Waals surface area contributed by atoms with Gasteiger partial charge in [0.25, 0.3) is 0 Å². The molecule has 0 aromatic rings. The van der Waals surface area contributed by atoms with Gasteiger partial charge in [-0.15, -0.1) is 0 Å². The van der Waals surface area contributed by atoms with Gasteiger partial charge < -0.3 is 10.5 Å². The number of esters is 1. The van der Waals surface area contributed by atoms with E-state index in [-0.39, 0.29) is 0 Å². The number of amides is 1. The highest BCUT2D eigenvalue weighted by atomic mass is 19.4. The molecule has 0 atom stereocenters. The van der Waals surface area contributed by atoms with Gasteiger partial charge in [-0.25, -0.2) is 9.59 Å². The molecule has 10 heavy (non-hydrogen) atoms. The highest BCUT2D eigenvalue weighted by Crippen LogP contribution is 2.15. The molecule has 0 bridgehead atoms. The largest absolute Gasteiger partial charge is 0.491 e. The van der Waals surface area contributed by atoms with Crippen molar-refractivity contribution < 1.29 is 27.5 Å². The van der Waals surface area contributed by atoms with Gasteiger partial charge in [-0.05, 0) is 0 Å². The van der Waals surface area contributed by atoms with Gasteiger partial charge in [-0.2, -0.15) is 13.2 Å². The number of alkyl halides is 3. The molecule has 7 heteroatoms. The van der Waals surface area contributed by atoms with E-state index in [9.17, 15) is 22.8 Å². The van der Waals surface area contributed by atoms with Crippen LogP contribution in [0.5, 0.6) is 0 Å². The van der Waals surface area contributed by atoms with E-state index < -0.39 is 18.2 Å². The van der Waals surface area contributed by atoms with E-state index >= 15 is 0 Å². The first-order chi connectivity index (χ1) is 4.34. The lowest BCUT2D eigenvalue weighted by atomic mass is 10.7. The van der Waals surface area contributed by atoms with Crippen LogP contribution in [-0.4, -0.2) is 18.2 Å². The predicted molar refractivity (Wildman–Crippen MR) is 21.7 cm³/mol. The van der Waals surface area contributed by atoms with Gasteiger partial charge in [0.1, 0.15) is 0 Å². The van der Waals surface area contributed by atoms with Crippen LogP contribution in [0.4, 0.5) is 18.0 Å². The Kier molecular flexibility index (Phi) is 2.22. The van der Waals surface area contributed by atoms with Crippen LogP contribution in [0.1, 0.15) is 0 Å². The minimum Gasteiger partial charge on any atom is -0.370 e. The average Bonchev–Trinajstić information content (AvgIpc) is 1.60. The molecule has 0 saturated carbocycles. The van der Waals surface area contributed by atoms with Crippen molar-refractivity contribution in [1.82, 2.24) is 0 Å². The zero-order valence-electron chi connectivity index (χ0n) is 4.44. The first kappa shape index (κ1) is 8.73. The molecule has 0 aliphatic carbocycles. The Morgan fingerprint density at radius 3 is 1.80 bits per heavy atom. The minimum absolute atomic E-state index is 1.78. The molecule has 0 heterocycles. The summed E-state index contributed by atoms with van der Waals surface area (Å²) in [6.45, 7) is 0. The number of halogens is 3. The second kappa shape index (κ2) is 2.54. The molecule has 0 fully saturated rings. The van der Waals surface area contributed by atoms with Crippen molar-refractivity contribution >= 4 is 12.1 Å². The summed E-state index contributed by atoms with van der Waals surface area (Å²) in [7, 11) is 0. The number of carbonyl (C=O) groups is 2. The first-order valence-corrected chi connectivity index (χ1v) is 1.92. The summed E-state index contributed by atoms with van der Waals surface area (Å²) in [4.78, 5) is 19.2. The fourth-order valence-electron chi connectivity index (χ4n) is 0.149. The van der Waals surface area contributed by atoms with Gasteiger partial charge in [-0.3, -0.25) is 0 Å². The van der Waals surface area contributed by atoms with Gasteiger partial charge in [-0.1, -0.05) is 0 Å². The average molecular weight is 157 g/mol. The SMILES string of the molecule is NC(=O)OC(=O)C(F)(F)F. The number of primary amides is 1. The Morgan fingerprint density at radius 2 is 1.70 bits per heavy atom. The first-order valence-electron chi connectivity index (χ1n) is 1.92. The van der Waals surface area contributed by atoms with Crippen LogP contribution in [0.3, 0.4) is 0 Å². The molecule has 0 aromatic heterocycles. The highest BCUT2D eigenvalue weighted by Gasteiger charge is 2.42. The van der Waals surface area contributed by atoms with Crippen LogP contribution in [0, 0.1) is 0 Å². The summed E-state index contributed by atoms with van der Waals surface area (Å²) in [6, 6.07) is 0. The Labute approximate surface area is 52.7 Å². The molecule has 58 valence electrons. The van der Waals surface area contributed by atoms with Crippen molar-refractivity contribution in [1.29, 1.82) is 0 Å². The van der Waals surface area contributed by atoms with E-state index in [1.165, 1.54) is 0 Å². The lowest BCUT2D eigenvalue weighted by molar-refractivity contribution is -0.192. The molecular formula is C3H2F3NO3. The van der Waals surface area contributed by atoms with Crippen LogP contribution >= 0.6 is 0 Å². The van der Waals surface area contributed by atoms with Gasteiger partial charge in [0.05, 0.1) is 0 Å². The van der Waals surface area contributed by atoms with Crippen molar-refractivity contribution in [3.05, 3.63) is 0 Å². The Bertz CT molecular complexity index is 163. The molecule has 0 aliphatic rings. The summed E-state index contributed by atoms with van der Waals surface area (Å²) in [5.41, 5.74) is 4.11. The predicted octanol–water partition coefficient (Wildman–Crippen LogP) is 0.171. The zero-order valence-corrected chi connectivity index (χ0v) is 4.44. The van der Waals surface area contributed by atoms with Crippen LogP contribution < -0.4 is 5.73 Å². The smallest absolute Gasteiger partial charge is 0.370 e. The van der Waals surface area contributed by atoms with Gasteiger partial charge in [0.15, 0.2) is 0 Å². The van der Waals surface area contributed by atoms with Crippen LogP contribution in [0.15, 0.2) is 0 Å². The van der Waals surface area contributed by atoms with Gasteiger partial charge in [0.2, 0.25) is 0 Å². The molecule has 4 nitrogen and oxygen atoms in total. The molecule has 0 spiro atoms. The lowest BCUT2D eigenvalue weighted by Gasteiger charge is -2.01. The van der Waals surface area contributed by atoms with E-state index in [0.29, 0.717) is 0 Å². The van der Waals surface area contributed by atoms with Gasteiger partial charge >= 0.3 is 18.2 Å². The lowest BCUT2D eigenvalue weighted by Crippen LogP contribution is -2.30. The van der Waals surface area contributed by atoms with E-state index in [4.69, 9.17) is 0 Å². The monoisotopic (exact) mass is 157 g/mol. The molecule has 0 unspecified atom stereocenters. The van der Waals surface area contributed by atoms with Crippen molar-refractivity contribution in [2.75, 3.05) is 0 Å². The second-order valence-electron chi connectivity index (χ2n) is 1.21. The third kappa shape index (κ3) is 2.90. The van der Waals surface area contributed by atoms with Crippen molar-refractivity contribution in [3.63, 3.8) is 0 Å². The molecule has 1 amide bonds. The van der Waals surface area contributed by atoms with E-state index in [0.717, 1.165) is 0 Å². The van der Waals surface area contributed by atoms with E-state index in [2.05, 4.69) is 10.5 Å². The second-order valence-corrected chi connectivity index (χ2v) is 1.21. The molecule has 0 aromatic carbocycles. The topological polar surface area (TPSA) is 69.4 Å². The van der Waals surface area contributed by atoms with Crippen molar-refractivity contribution in [2.24, 2.45) is 5.73 Å². The molecule has 0 radical (unpaired) electrons. The van der Waals surface area contributed by atoms with Crippen molar-refractivity contribution in [2.45, 2.75) is 6.18 Å². The number of hydrogen-bond donors (Lipinski definition) is 1. The normalized spacial score (nSPS) is 10.7. The number of nitrogens with two attached hydrogens (primary N) is 1. The summed E-state index contributed by atoms with van der Waals surface area (Å²) >= 11 is 0. The fourth-order valence-corrected chi connectivity index (χ4v) is 0.149. The number of hydrogen-bond acceptors (Lipinski definition) is 3. The summed E-state index contributed by atoms with van der Waals surface area (Å²) in [6.07, 6.45) is -6.95. The summed E-state index contributed by atoms with van der Waals surface area (Å²) in [5, 5.41) is 0. The number of rotatable bonds is 0. The van der Waals surface area contributed by atoms with Crippen LogP contribution in [-0.2, 0) is 9.53 Å². The van der Waals surface area contributed by atoms with Gasteiger partial charge in [0, 0.05) is 0 Å². The zero-order chi connectivity index (χ0) is 8.36. The highest BCUT2D eigenvalue weighted by molar-refractivity contribution is 5.86. The third-order valence-electron chi connectivity index (χ3n) is 0.425. The number of ether oxygens (including phenoxy) is 1. The maximum absolute atomic E-state index is 11.1. The van der Waals surface area contributed by atoms with Crippen molar-refractivity contribution in [3.8, 4) is 0 Å². The number of carbonyl (C=O) groups excluding carboxylic acids is 2. The third-order valence-corrected chi connectivity index (χ3v) is 0.425. The molecule has 0 rings (SSSR count). The van der Waals surface area contributed by atoms with E-state index in [1.54, 1.807) is 0 Å². The summed E-state index contributed by atoms with van der Waals surface area (Å²) < 4.78 is 36.4. The maximum atomic E-state index is 11.1. The maximum Gasteiger partial charge on any atom is 0.491 e. The minimum atomic E-state index is -5.17. The Hall–Kier alpha value is -1.27. The quantitative estimate of drug-likeness (QED) is 0.402. The van der Waals surface area contributed by atoms with Crippen LogP contribution in [0.2, 0.25) is 0 Å². The summed E-state index contributed by atoms with van der Waals surface area (Å²) in [5.74, 6) is -2.61. The molecule has 2 N–H and O–H groups in total. The van der Waals surface area contributed by atoms with Crippen LogP contribution in [0.25, 0.3) is 0 Å². The Balaban J connectivity index is 3.99. The standard InChI is InChI=1S/C3H2F3NO3/c4-3(5,6)1(8)10-2(7)9/h(H2,7,9). The molecule has 0 aliphatic heterocycles. The molecule has 0 saturated heterocycles.